The second kappa shape index (κ2) is 6.18. The molecule has 0 saturated heterocycles. The van der Waals surface area contributed by atoms with Crippen LogP contribution in [-0.2, 0) is 0 Å². The van der Waals surface area contributed by atoms with Gasteiger partial charge in [-0.15, -0.1) is 0 Å². The van der Waals surface area contributed by atoms with Crippen molar-refractivity contribution in [1.82, 2.24) is 9.97 Å². The number of anilines is 1. The number of halogens is 1. The molecule has 110 valence electrons. The fourth-order valence-electron chi connectivity index (χ4n) is 2.38. The van der Waals surface area contributed by atoms with Crippen LogP contribution in [0.4, 0.5) is 5.95 Å². The average molecular weight is 306 g/mol. The van der Waals surface area contributed by atoms with E-state index in [1.54, 1.807) is 19.4 Å². The van der Waals surface area contributed by atoms with Crippen molar-refractivity contribution in [2.75, 3.05) is 19.0 Å². The molecular formula is C15H16ClN3O2. The van der Waals surface area contributed by atoms with Gasteiger partial charge in [-0.25, -0.2) is 4.98 Å². The van der Waals surface area contributed by atoms with Gasteiger partial charge in [0.2, 0.25) is 11.8 Å². The summed E-state index contributed by atoms with van der Waals surface area (Å²) in [6, 6.07) is 7.52. The van der Waals surface area contributed by atoms with Gasteiger partial charge in [-0.3, -0.25) is 0 Å². The van der Waals surface area contributed by atoms with E-state index in [1.807, 2.05) is 18.2 Å². The summed E-state index contributed by atoms with van der Waals surface area (Å²) in [7, 11) is 1.59. The third-order valence-corrected chi connectivity index (χ3v) is 3.62. The van der Waals surface area contributed by atoms with E-state index in [4.69, 9.17) is 21.1 Å². The fourth-order valence-corrected chi connectivity index (χ4v) is 2.54. The minimum absolute atomic E-state index is 0.0897. The Morgan fingerprint density at radius 1 is 1.38 bits per heavy atom. The Morgan fingerprint density at radius 3 is 3.14 bits per heavy atom. The Hall–Kier alpha value is -2.01. The molecule has 1 aliphatic rings. The molecule has 1 aliphatic heterocycles. The normalized spacial score (nSPS) is 17.3. The summed E-state index contributed by atoms with van der Waals surface area (Å²) in [5.74, 6) is 1.90. The molecule has 5 nitrogen and oxygen atoms in total. The molecule has 0 amide bonds. The van der Waals surface area contributed by atoms with E-state index in [9.17, 15) is 0 Å². The van der Waals surface area contributed by atoms with Gasteiger partial charge in [-0.1, -0.05) is 17.7 Å². The number of nitrogens with one attached hydrogen (secondary N) is 1. The lowest BCUT2D eigenvalue weighted by atomic mass is 10.0. The van der Waals surface area contributed by atoms with Crippen LogP contribution in [0.2, 0.25) is 5.02 Å². The van der Waals surface area contributed by atoms with Gasteiger partial charge in [0, 0.05) is 22.8 Å². The minimum atomic E-state index is 0.0897. The minimum Gasteiger partial charge on any atom is -0.493 e. The third-order valence-electron chi connectivity index (χ3n) is 3.39. The second-order valence-electron chi connectivity index (χ2n) is 4.79. The summed E-state index contributed by atoms with van der Waals surface area (Å²) in [6.45, 7) is 0.685. The monoisotopic (exact) mass is 305 g/mol. The lowest BCUT2D eigenvalue weighted by Crippen LogP contribution is -2.12. The molecule has 1 aromatic heterocycles. The van der Waals surface area contributed by atoms with Gasteiger partial charge in [0.15, 0.2) is 0 Å². The first kappa shape index (κ1) is 13.9. The maximum atomic E-state index is 6.04. The van der Waals surface area contributed by atoms with Gasteiger partial charge < -0.3 is 14.8 Å². The summed E-state index contributed by atoms with van der Waals surface area (Å²) in [6.07, 6.45) is 3.56. The van der Waals surface area contributed by atoms with Crippen LogP contribution in [0.1, 0.15) is 24.4 Å². The molecule has 0 radical (unpaired) electrons. The lowest BCUT2D eigenvalue weighted by Gasteiger charge is -2.18. The van der Waals surface area contributed by atoms with Crippen LogP contribution >= 0.6 is 11.6 Å². The first-order valence-electron chi connectivity index (χ1n) is 6.82. The molecule has 2 aromatic rings. The number of hydrogen-bond acceptors (Lipinski definition) is 5. The first-order valence-corrected chi connectivity index (χ1v) is 7.20. The Kier molecular flexibility index (Phi) is 4.10. The van der Waals surface area contributed by atoms with Gasteiger partial charge in [0.25, 0.3) is 0 Å². The van der Waals surface area contributed by atoms with Crippen LogP contribution in [0.3, 0.4) is 0 Å². The summed E-state index contributed by atoms with van der Waals surface area (Å²) in [4.78, 5) is 8.53. The van der Waals surface area contributed by atoms with Gasteiger partial charge in [-0.2, -0.15) is 4.98 Å². The molecule has 1 unspecified atom stereocenters. The predicted octanol–water partition coefficient (Wildman–Crippen LogP) is 3.46. The molecule has 2 heterocycles. The van der Waals surface area contributed by atoms with E-state index < -0.39 is 0 Å². The number of nitrogens with zero attached hydrogens (tertiary/aromatic N) is 2. The third kappa shape index (κ3) is 3.19. The van der Waals surface area contributed by atoms with Crippen molar-refractivity contribution in [3.8, 4) is 11.6 Å². The second-order valence-corrected chi connectivity index (χ2v) is 5.23. The number of methoxy groups -OCH3 is 1. The van der Waals surface area contributed by atoms with E-state index >= 15 is 0 Å². The molecule has 1 atom stereocenters. The SMILES string of the molecule is COc1ccnc(NC2CCCOc3cc(Cl)ccc32)n1. The van der Waals surface area contributed by atoms with E-state index in [0.29, 0.717) is 23.5 Å². The van der Waals surface area contributed by atoms with E-state index in [0.717, 1.165) is 24.2 Å². The van der Waals surface area contributed by atoms with Crippen molar-refractivity contribution in [2.45, 2.75) is 18.9 Å². The molecule has 1 aromatic carbocycles. The highest BCUT2D eigenvalue weighted by molar-refractivity contribution is 6.30. The van der Waals surface area contributed by atoms with Crippen LogP contribution in [0.5, 0.6) is 11.6 Å². The molecule has 21 heavy (non-hydrogen) atoms. The zero-order chi connectivity index (χ0) is 14.7. The topological polar surface area (TPSA) is 56.3 Å². The van der Waals surface area contributed by atoms with Crippen LogP contribution in [-0.4, -0.2) is 23.7 Å². The fraction of sp³-hybridized carbons (Fsp3) is 0.333. The number of fused-ring (bicyclic) bond motifs is 1. The maximum Gasteiger partial charge on any atom is 0.226 e. The van der Waals surface area contributed by atoms with Crippen LogP contribution in [0.15, 0.2) is 30.5 Å². The maximum absolute atomic E-state index is 6.04. The summed E-state index contributed by atoms with van der Waals surface area (Å²) < 4.78 is 10.9. The Labute approximate surface area is 128 Å². The molecule has 0 fully saturated rings. The molecule has 0 saturated carbocycles. The van der Waals surface area contributed by atoms with Crippen molar-refractivity contribution < 1.29 is 9.47 Å². The Morgan fingerprint density at radius 2 is 2.29 bits per heavy atom. The molecule has 1 N–H and O–H groups in total. The molecule has 3 rings (SSSR count). The van der Waals surface area contributed by atoms with Gasteiger partial charge in [0.05, 0.1) is 19.8 Å². The Balaban J connectivity index is 1.88. The van der Waals surface area contributed by atoms with Crippen LogP contribution in [0, 0.1) is 0 Å². The number of ether oxygens (including phenoxy) is 2. The van der Waals surface area contributed by atoms with Crippen molar-refractivity contribution in [3.63, 3.8) is 0 Å². The van der Waals surface area contributed by atoms with Gasteiger partial charge in [0.1, 0.15) is 5.75 Å². The predicted molar refractivity (Wildman–Crippen MR) is 81.1 cm³/mol. The molecule has 0 aliphatic carbocycles. The zero-order valence-electron chi connectivity index (χ0n) is 11.7. The standard InChI is InChI=1S/C15H16ClN3O2/c1-20-14-6-7-17-15(19-14)18-12-3-2-8-21-13-9-10(16)4-5-11(12)13/h4-7,9,12H,2-3,8H2,1H3,(H,17,18,19). The Bertz CT molecular complexity index is 636. The van der Waals surface area contributed by atoms with Gasteiger partial charge >= 0.3 is 0 Å². The number of benzene rings is 1. The van der Waals surface area contributed by atoms with Crippen LogP contribution in [0.25, 0.3) is 0 Å². The highest BCUT2D eigenvalue weighted by Crippen LogP contribution is 2.35. The van der Waals surface area contributed by atoms with Crippen molar-refractivity contribution in [3.05, 3.63) is 41.0 Å². The largest absolute Gasteiger partial charge is 0.493 e. The van der Waals surface area contributed by atoms with E-state index in [2.05, 4.69) is 15.3 Å². The smallest absolute Gasteiger partial charge is 0.226 e. The van der Waals surface area contributed by atoms with Crippen molar-refractivity contribution >= 4 is 17.5 Å². The van der Waals surface area contributed by atoms with E-state index in [-0.39, 0.29) is 6.04 Å². The van der Waals surface area contributed by atoms with Crippen molar-refractivity contribution in [1.29, 1.82) is 0 Å². The van der Waals surface area contributed by atoms with Crippen molar-refractivity contribution in [2.24, 2.45) is 0 Å². The van der Waals surface area contributed by atoms with E-state index in [1.165, 1.54) is 0 Å². The number of aromatic nitrogens is 2. The quantitative estimate of drug-likeness (QED) is 0.941. The summed E-state index contributed by atoms with van der Waals surface area (Å²) >= 11 is 6.04. The van der Waals surface area contributed by atoms with Gasteiger partial charge in [-0.05, 0) is 25.0 Å². The average Bonchev–Trinajstić information content (AvgIpc) is 2.69. The first-order chi connectivity index (χ1) is 10.3. The molecular weight excluding hydrogens is 290 g/mol. The molecule has 0 spiro atoms. The lowest BCUT2D eigenvalue weighted by molar-refractivity contribution is 0.316. The highest BCUT2D eigenvalue weighted by atomic mass is 35.5. The molecule has 6 heteroatoms. The molecule has 0 bridgehead atoms. The van der Waals surface area contributed by atoms with Crippen LogP contribution < -0.4 is 14.8 Å². The number of rotatable bonds is 3. The summed E-state index contributed by atoms with van der Waals surface area (Å²) in [5.41, 5.74) is 1.07. The number of hydrogen-bond donors (Lipinski definition) is 1. The highest BCUT2D eigenvalue weighted by Gasteiger charge is 2.20. The zero-order valence-corrected chi connectivity index (χ0v) is 12.4. The summed E-state index contributed by atoms with van der Waals surface area (Å²) in [5, 5.41) is 4.02.